The molecule has 3 aromatic rings. The number of halogens is 2. The van der Waals surface area contributed by atoms with Gasteiger partial charge < -0.3 is 4.90 Å². The fourth-order valence-electron chi connectivity index (χ4n) is 4.59. The number of aryl methyl sites for hydroxylation is 1. The Morgan fingerprint density at radius 1 is 1.15 bits per heavy atom. The van der Waals surface area contributed by atoms with Crippen molar-refractivity contribution in [1.82, 2.24) is 19.5 Å². The van der Waals surface area contributed by atoms with Crippen LogP contribution in [-0.4, -0.2) is 46.6 Å². The lowest BCUT2D eigenvalue weighted by Gasteiger charge is -2.35. The summed E-state index contributed by atoms with van der Waals surface area (Å²) in [5.41, 5.74) is 3.24. The Balaban J connectivity index is 1.54. The van der Waals surface area contributed by atoms with E-state index in [1.807, 2.05) is 13.0 Å². The number of nitrogens with zero attached hydrogens (tertiary/aromatic N) is 4. The summed E-state index contributed by atoms with van der Waals surface area (Å²) >= 11 is 6.13. The first-order chi connectivity index (χ1) is 16.1. The number of hydrogen-bond donors (Lipinski definition) is 1. The number of sulfonamides is 1. The van der Waals surface area contributed by atoms with Crippen molar-refractivity contribution in [1.29, 1.82) is 0 Å². The van der Waals surface area contributed by atoms with Crippen molar-refractivity contribution in [2.24, 2.45) is 0 Å². The zero-order valence-corrected chi connectivity index (χ0v) is 20.5. The third-order valence-electron chi connectivity index (χ3n) is 6.32. The molecule has 1 atom stereocenters. The van der Waals surface area contributed by atoms with Crippen LogP contribution in [0.1, 0.15) is 71.5 Å². The van der Waals surface area contributed by atoms with Crippen LogP contribution >= 0.6 is 11.6 Å². The molecule has 0 bridgehead atoms. The van der Waals surface area contributed by atoms with Crippen molar-refractivity contribution < 1.29 is 17.6 Å². The lowest BCUT2D eigenvalue weighted by Crippen LogP contribution is -2.39. The van der Waals surface area contributed by atoms with Crippen molar-refractivity contribution >= 4 is 38.9 Å². The third-order valence-corrected chi connectivity index (χ3v) is 7.19. The highest BCUT2D eigenvalue weighted by Gasteiger charge is 2.33. The van der Waals surface area contributed by atoms with Crippen molar-refractivity contribution in [3.8, 4) is 0 Å². The summed E-state index contributed by atoms with van der Waals surface area (Å²) in [6.45, 7) is 2.42. The molecular formula is C23H25ClFN5O3S. The minimum atomic E-state index is -3.74. The molecule has 5 rings (SSSR count). The van der Waals surface area contributed by atoms with Gasteiger partial charge in [0.15, 0.2) is 5.65 Å². The van der Waals surface area contributed by atoms with Crippen molar-refractivity contribution in [2.75, 3.05) is 17.5 Å². The number of piperidine rings is 1. The lowest BCUT2D eigenvalue weighted by molar-refractivity contribution is 0.0606. The summed E-state index contributed by atoms with van der Waals surface area (Å²) in [7, 11) is -3.74. The molecule has 1 amide bonds. The second-order valence-electron chi connectivity index (χ2n) is 9.13. The number of carbonyl (C=O) groups excluding carboxylic acids is 1. The molecule has 2 aromatic heterocycles. The van der Waals surface area contributed by atoms with Crippen molar-refractivity contribution in [3.63, 3.8) is 0 Å². The van der Waals surface area contributed by atoms with Crippen LogP contribution in [0.4, 0.5) is 10.1 Å². The van der Waals surface area contributed by atoms with E-state index in [0.29, 0.717) is 24.6 Å². The number of carbonyl (C=O) groups is 1. The highest BCUT2D eigenvalue weighted by atomic mass is 35.5. The number of rotatable bonds is 5. The van der Waals surface area contributed by atoms with Crippen LogP contribution in [0.5, 0.6) is 0 Å². The van der Waals surface area contributed by atoms with E-state index in [4.69, 9.17) is 21.7 Å². The van der Waals surface area contributed by atoms with Gasteiger partial charge in [0.1, 0.15) is 5.82 Å². The van der Waals surface area contributed by atoms with Gasteiger partial charge in [0.25, 0.3) is 5.91 Å². The quantitative estimate of drug-likeness (QED) is 0.552. The monoisotopic (exact) mass is 505 g/mol. The summed E-state index contributed by atoms with van der Waals surface area (Å²) in [4.78, 5) is 20.0. The lowest BCUT2D eigenvalue weighted by atomic mass is 9.98. The maximum Gasteiger partial charge on any atom is 0.256 e. The van der Waals surface area contributed by atoms with E-state index in [-0.39, 0.29) is 22.3 Å². The number of nitrogens with one attached hydrogen (secondary N) is 1. The van der Waals surface area contributed by atoms with Gasteiger partial charge in [0.05, 0.1) is 34.3 Å². The molecular weight excluding hydrogens is 481 g/mol. The van der Waals surface area contributed by atoms with Crippen molar-refractivity contribution in [2.45, 2.75) is 51.0 Å². The predicted octanol–water partition coefficient (Wildman–Crippen LogP) is 4.45. The second kappa shape index (κ2) is 8.49. The average molecular weight is 506 g/mol. The van der Waals surface area contributed by atoms with Crippen LogP contribution in [0, 0.1) is 12.7 Å². The van der Waals surface area contributed by atoms with Gasteiger partial charge in [-0.1, -0.05) is 11.6 Å². The highest BCUT2D eigenvalue weighted by Crippen LogP contribution is 2.40. The molecule has 1 aliphatic heterocycles. The molecule has 1 saturated heterocycles. The first-order valence-corrected chi connectivity index (χ1v) is 13.5. The number of benzene rings is 1. The Morgan fingerprint density at radius 2 is 1.91 bits per heavy atom. The first-order valence-electron chi connectivity index (χ1n) is 11.3. The van der Waals surface area contributed by atoms with E-state index in [1.165, 1.54) is 0 Å². The molecule has 0 radical (unpaired) electrons. The normalized spacial score (nSPS) is 18.9. The van der Waals surface area contributed by atoms with Crippen LogP contribution in [0.15, 0.2) is 24.3 Å². The minimum Gasteiger partial charge on any atom is -0.330 e. The second-order valence-corrected chi connectivity index (χ2v) is 11.3. The Hall–Kier alpha value is -2.72. The van der Waals surface area contributed by atoms with E-state index in [1.54, 1.807) is 9.42 Å². The smallest absolute Gasteiger partial charge is 0.256 e. The van der Waals surface area contributed by atoms with Crippen LogP contribution < -0.4 is 4.72 Å². The van der Waals surface area contributed by atoms with Crippen LogP contribution in [-0.2, 0) is 10.0 Å². The number of hydrogen-bond acceptors (Lipinski definition) is 5. The molecule has 1 N–H and O–H groups in total. The Morgan fingerprint density at radius 3 is 2.62 bits per heavy atom. The SMILES string of the molecule is Cc1cc(C2CC2)nc2cc(C3CCCCN3C(=O)c3cc(F)cc(Cl)c3NS(C)(=O)=O)nn12. The van der Waals surface area contributed by atoms with Gasteiger partial charge in [-0.15, -0.1) is 0 Å². The van der Waals surface area contributed by atoms with Crippen LogP contribution in [0.2, 0.25) is 5.02 Å². The highest BCUT2D eigenvalue weighted by molar-refractivity contribution is 7.92. The van der Waals surface area contributed by atoms with E-state index in [2.05, 4.69) is 10.8 Å². The van der Waals surface area contributed by atoms with Gasteiger partial charge in [0, 0.05) is 29.9 Å². The maximum atomic E-state index is 14.2. The minimum absolute atomic E-state index is 0.124. The van der Waals surface area contributed by atoms with Gasteiger partial charge in [-0.3, -0.25) is 9.52 Å². The summed E-state index contributed by atoms with van der Waals surface area (Å²) in [6, 6.07) is 5.62. The largest absolute Gasteiger partial charge is 0.330 e. The number of aromatic nitrogens is 3. The van der Waals surface area contributed by atoms with Crippen molar-refractivity contribution in [3.05, 3.63) is 57.8 Å². The number of amides is 1. The summed E-state index contributed by atoms with van der Waals surface area (Å²) in [6.07, 6.45) is 5.61. The summed E-state index contributed by atoms with van der Waals surface area (Å²) < 4.78 is 42.0. The molecule has 34 heavy (non-hydrogen) atoms. The topological polar surface area (TPSA) is 96.7 Å². The molecule has 2 aliphatic rings. The zero-order chi connectivity index (χ0) is 24.2. The number of anilines is 1. The standard InChI is InChI=1S/C23H25ClFN5O3S/c1-13-9-18(14-6-7-14)26-21-12-19(27-30(13)21)20-5-3-4-8-29(20)23(31)16-10-15(25)11-17(24)22(16)28-34(2,32)33/h9-12,14,20,28H,3-8H2,1-2H3. The molecule has 0 spiro atoms. The van der Waals surface area contributed by atoms with Crippen LogP contribution in [0.3, 0.4) is 0 Å². The predicted molar refractivity (Wildman–Crippen MR) is 127 cm³/mol. The van der Waals surface area contributed by atoms with E-state index in [0.717, 1.165) is 61.1 Å². The zero-order valence-electron chi connectivity index (χ0n) is 18.9. The van der Waals surface area contributed by atoms with Gasteiger partial charge in [-0.05, 0) is 57.2 Å². The van der Waals surface area contributed by atoms with Gasteiger partial charge in [-0.25, -0.2) is 22.3 Å². The average Bonchev–Trinajstić information content (AvgIpc) is 3.53. The Bertz CT molecular complexity index is 1400. The van der Waals surface area contributed by atoms with E-state index >= 15 is 0 Å². The molecule has 1 unspecified atom stereocenters. The molecule has 3 heterocycles. The van der Waals surface area contributed by atoms with E-state index in [9.17, 15) is 17.6 Å². The molecule has 1 saturated carbocycles. The number of likely N-dealkylation sites (tertiary alicyclic amines) is 1. The fourth-order valence-corrected chi connectivity index (χ4v) is 5.49. The Labute approximate surface area is 202 Å². The van der Waals surface area contributed by atoms with Crippen LogP contribution in [0.25, 0.3) is 5.65 Å². The fraction of sp³-hybridized carbons (Fsp3) is 0.435. The van der Waals surface area contributed by atoms with Gasteiger partial charge in [-0.2, -0.15) is 5.10 Å². The first kappa shape index (κ1) is 23.0. The molecule has 11 heteroatoms. The molecule has 1 aromatic carbocycles. The summed E-state index contributed by atoms with van der Waals surface area (Å²) in [5, 5.41) is 4.57. The van der Waals surface area contributed by atoms with Gasteiger partial charge in [0.2, 0.25) is 10.0 Å². The maximum absolute atomic E-state index is 14.2. The molecule has 1 aliphatic carbocycles. The Kier molecular flexibility index (Phi) is 5.76. The number of fused-ring (bicyclic) bond motifs is 1. The molecule has 2 fully saturated rings. The third kappa shape index (κ3) is 4.48. The molecule has 8 nitrogen and oxygen atoms in total. The van der Waals surface area contributed by atoms with Gasteiger partial charge >= 0.3 is 0 Å². The summed E-state index contributed by atoms with van der Waals surface area (Å²) in [5.74, 6) is -0.716. The van der Waals surface area contributed by atoms with E-state index < -0.39 is 21.7 Å². The molecule has 180 valence electrons.